The number of benzene rings is 1. The molecule has 5 nitrogen and oxygen atoms in total. The molecule has 0 bridgehead atoms. The first-order valence-electron chi connectivity index (χ1n) is 7.73. The molecule has 0 fully saturated rings. The maximum atomic E-state index is 12.4. The van der Waals surface area contributed by atoms with Crippen molar-refractivity contribution < 1.29 is 9.59 Å². The van der Waals surface area contributed by atoms with Crippen molar-refractivity contribution in [2.45, 2.75) is 25.7 Å². The number of carbonyl (C=O) groups excluding carboxylic acids is 2. The Balaban J connectivity index is 2.10. The molecule has 1 N–H and O–H groups in total. The average Bonchev–Trinajstić information content (AvgIpc) is 2.54. The Labute approximate surface area is 141 Å². The first-order valence-corrected chi connectivity index (χ1v) is 7.73. The maximum absolute atomic E-state index is 12.4. The Kier molecular flexibility index (Phi) is 3.93. The number of nitrogens with zero attached hydrogens (tertiary/aromatic N) is 2. The zero-order valence-electron chi connectivity index (χ0n) is 13.7. The van der Waals surface area contributed by atoms with Gasteiger partial charge in [0.2, 0.25) is 5.91 Å². The summed E-state index contributed by atoms with van der Waals surface area (Å²) in [7, 11) is 0. The lowest BCUT2D eigenvalue weighted by Crippen LogP contribution is -2.33. The van der Waals surface area contributed by atoms with Crippen LogP contribution in [0.2, 0.25) is 0 Å². The van der Waals surface area contributed by atoms with Crippen LogP contribution in [0.3, 0.4) is 0 Å². The zero-order valence-corrected chi connectivity index (χ0v) is 13.7. The number of fused-ring (bicyclic) bond motifs is 1. The van der Waals surface area contributed by atoms with Gasteiger partial charge in [0.05, 0.1) is 17.6 Å². The Bertz CT molecular complexity index is 813. The van der Waals surface area contributed by atoms with E-state index in [4.69, 9.17) is 0 Å². The summed E-state index contributed by atoms with van der Waals surface area (Å²) in [5.74, 6) is -0.281. The summed E-state index contributed by atoms with van der Waals surface area (Å²) in [6, 6.07) is 9.23. The molecule has 0 spiro atoms. The molecule has 1 aromatic carbocycles. The highest BCUT2D eigenvalue weighted by atomic mass is 16.2. The molecule has 2 heterocycles. The molecule has 122 valence electrons. The summed E-state index contributed by atoms with van der Waals surface area (Å²) in [6.07, 6.45) is 4.96. The van der Waals surface area contributed by atoms with Crippen molar-refractivity contribution in [3.05, 3.63) is 60.9 Å². The Hall–Kier alpha value is -2.95. The second-order valence-corrected chi connectivity index (χ2v) is 6.43. The summed E-state index contributed by atoms with van der Waals surface area (Å²) in [5, 5.41) is 2.90. The van der Waals surface area contributed by atoms with E-state index >= 15 is 0 Å². The first-order chi connectivity index (χ1) is 11.4. The van der Waals surface area contributed by atoms with Crippen LogP contribution in [-0.2, 0) is 15.0 Å². The van der Waals surface area contributed by atoms with Gasteiger partial charge in [-0.05, 0) is 35.9 Å². The first kappa shape index (κ1) is 15.9. The molecule has 0 saturated heterocycles. The second-order valence-electron chi connectivity index (χ2n) is 6.43. The van der Waals surface area contributed by atoms with Crippen LogP contribution in [0.4, 0.5) is 17.1 Å². The van der Waals surface area contributed by atoms with Gasteiger partial charge in [-0.1, -0.05) is 26.5 Å². The van der Waals surface area contributed by atoms with Crippen molar-refractivity contribution in [1.82, 2.24) is 4.98 Å². The number of hydrogen-bond donors (Lipinski definition) is 1. The Morgan fingerprint density at radius 1 is 1.33 bits per heavy atom. The lowest BCUT2D eigenvalue weighted by Gasteiger charge is -2.33. The van der Waals surface area contributed by atoms with Gasteiger partial charge in [0.25, 0.3) is 5.91 Å². The van der Waals surface area contributed by atoms with Gasteiger partial charge in [-0.2, -0.15) is 0 Å². The van der Waals surface area contributed by atoms with Crippen molar-refractivity contribution in [1.29, 1.82) is 0 Å². The van der Waals surface area contributed by atoms with E-state index in [0.717, 1.165) is 11.3 Å². The molecule has 0 unspecified atom stereocenters. The van der Waals surface area contributed by atoms with Crippen molar-refractivity contribution in [2.24, 2.45) is 0 Å². The van der Waals surface area contributed by atoms with Gasteiger partial charge >= 0.3 is 0 Å². The minimum atomic E-state index is -0.260. The van der Waals surface area contributed by atoms with Crippen LogP contribution in [-0.4, -0.2) is 16.8 Å². The van der Waals surface area contributed by atoms with Crippen LogP contribution < -0.4 is 10.2 Å². The van der Waals surface area contributed by atoms with E-state index in [-0.39, 0.29) is 17.2 Å². The van der Waals surface area contributed by atoms with Gasteiger partial charge in [0.1, 0.15) is 0 Å². The topological polar surface area (TPSA) is 62.3 Å². The largest absolute Gasteiger partial charge is 0.326 e. The average molecular weight is 321 g/mol. The SMILES string of the molecule is C=CC(=O)N(c1cccnc1)c1ccc2c(c1)NC(=O)CC2(C)C. The lowest BCUT2D eigenvalue weighted by atomic mass is 9.78. The van der Waals surface area contributed by atoms with Gasteiger partial charge < -0.3 is 5.32 Å². The molecular weight excluding hydrogens is 302 g/mol. The van der Waals surface area contributed by atoms with E-state index < -0.39 is 0 Å². The molecule has 1 aliphatic rings. The predicted octanol–water partition coefficient (Wildman–Crippen LogP) is 3.55. The smallest absolute Gasteiger partial charge is 0.254 e. The molecular formula is C19H19N3O2. The van der Waals surface area contributed by atoms with Gasteiger partial charge in [-0.3, -0.25) is 19.5 Å². The number of anilines is 3. The summed E-state index contributed by atoms with van der Waals surface area (Å²) in [4.78, 5) is 29.9. The number of pyridine rings is 1. The molecule has 0 radical (unpaired) electrons. The maximum Gasteiger partial charge on any atom is 0.254 e. The van der Waals surface area contributed by atoms with Crippen molar-refractivity contribution >= 4 is 28.9 Å². The van der Waals surface area contributed by atoms with Crippen LogP contribution >= 0.6 is 0 Å². The third-order valence-corrected chi connectivity index (χ3v) is 4.17. The highest BCUT2D eigenvalue weighted by Crippen LogP contribution is 2.40. The number of amides is 2. The molecule has 0 saturated carbocycles. The molecule has 2 amide bonds. The fourth-order valence-electron chi connectivity index (χ4n) is 3.04. The minimum absolute atomic E-state index is 0.0207. The van der Waals surface area contributed by atoms with E-state index in [1.807, 2.05) is 32.0 Å². The molecule has 1 aromatic heterocycles. The molecule has 24 heavy (non-hydrogen) atoms. The number of rotatable bonds is 3. The van der Waals surface area contributed by atoms with Gasteiger partial charge in [-0.15, -0.1) is 0 Å². The van der Waals surface area contributed by atoms with Crippen LogP contribution in [0.25, 0.3) is 0 Å². The molecule has 2 aromatic rings. The second kappa shape index (κ2) is 5.92. The van der Waals surface area contributed by atoms with Crippen molar-refractivity contribution in [3.63, 3.8) is 0 Å². The van der Waals surface area contributed by atoms with Crippen LogP contribution in [0.1, 0.15) is 25.8 Å². The van der Waals surface area contributed by atoms with Crippen LogP contribution in [0.5, 0.6) is 0 Å². The van der Waals surface area contributed by atoms with E-state index in [1.54, 1.807) is 24.5 Å². The quantitative estimate of drug-likeness (QED) is 0.879. The fourth-order valence-corrected chi connectivity index (χ4v) is 3.04. The van der Waals surface area contributed by atoms with Crippen LogP contribution in [0, 0.1) is 0 Å². The molecule has 1 aliphatic heterocycles. The summed E-state index contributed by atoms with van der Waals surface area (Å²) >= 11 is 0. The van der Waals surface area contributed by atoms with Crippen molar-refractivity contribution in [2.75, 3.05) is 10.2 Å². The Morgan fingerprint density at radius 3 is 2.79 bits per heavy atom. The molecule has 0 aliphatic carbocycles. The highest BCUT2D eigenvalue weighted by Gasteiger charge is 2.32. The predicted molar refractivity (Wildman–Crippen MR) is 94.3 cm³/mol. The third-order valence-electron chi connectivity index (χ3n) is 4.17. The number of aromatic nitrogens is 1. The van der Waals surface area contributed by atoms with Gasteiger partial charge in [-0.25, -0.2) is 0 Å². The monoisotopic (exact) mass is 321 g/mol. The summed E-state index contributed by atoms with van der Waals surface area (Å²) in [6.45, 7) is 7.65. The zero-order chi connectivity index (χ0) is 17.3. The van der Waals surface area contributed by atoms with E-state index in [1.165, 1.54) is 11.0 Å². The fraction of sp³-hybridized carbons (Fsp3) is 0.211. The number of nitrogens with one attached hydrogen (secondary N) is 1. The number of hydrogen-bond acceptors (Lipinski definition) is 3. The lowest BCUT2D eigenvalue weighted by molar-refractivity contribution is -0.117. The Morgan fingerprint density at radius 2 is 2.12 bits per heavy atom. The van der Waals surface area contributed by atoms with E-state index in [2.05, 4.69) is 16.9 Å². The molecule has 5 heteroatoms. The van der Waals surface area contributed by atoms with E-state index in [0.29, 0.717) is 17.8 Å². The van der Waals surface area contributed by atoms with E-state index in [9.17, 15) is 9.59 Å². The third kappa shape index (κ3) is 2.80. The summed E-state index contributed by atoms with van der Waals surface area (Å²) < 4.78 is 0. The van der Waals surface area contributed by atoms with Gasteiger partial charge in [0, 0.05) is 23.7 Å². The van der Waals surface area contributed by atoms with Crippen LogP contribution in [0.15, 0.2) is 55.4 Å². The summed E-state index contributed by atoms with van der Waals surface area (Å²) in [5.41, 5.74) is 2.86. The highest BCUT2D eigenvalue weighted by molar-refractivity contribution is 6.07. The standard InChI is InChI=1S/C19H19N3O2/c1-4-18(24)22(14-6-5-9-20-12-14)13-7-8-15-16(10-13)21-17(23)11-19(15,2)3/h4-10,12H,1,11H2,2-3H3,(H,21,23). The van der Waals surface area contributed by atoms with Gasteiger partial charge in [0.15, 0.2) is 0 Å². The molecule has 3 rings (SSSR count). The minimum Gasteiger partial charge on any atom is -0.326 e. The normalized spacial score (nSPS) is 15.2. The van der Waals surface area contributed by atoms with Crippen molar-refractivity contribution in [3.8, 4) is 0 Å². The molecule has 0 atom stereocenters. The number of carbonyl (C=O) groups is 2.